The van der Waals surface area contributed by atoms with Crippen molar-refractivity contribution in [3.05, 3.63) is 89.0 Å². The molecule has 1 N–H and O–H groups in total. The molecule has 0 bridgehead atoms. The van der Waals surface area contributed by atoms with Gasteiger partial charge in [-0.1, -0.05) is 42.5 Å². The third-order valence-electron chi connectivity index (χ3n) is 5.96. The minimum Gasteiger partial charge on any atom is -0.496 e. The van der Waals surface area contributed by atoms with Gasteiger partial charge in [0.25, 0.3) is 0 Å². The molecule has 0 spiro atoms. The Bertz CT molecular complexity index is 1250. The second-order valence-corrected chi connectivity index (χ2v) is 8.54. The van der Waals surface area contributed by atoms with E-state index in [-0.39, 0.29) is 32.7 Å². The predicted molar refractivity (Wildman–Crippen MR) is 139 cm³/mol. The van der Waals surface area contributed by atoms with Gasteiger partial charge in [0.15, 0.2) is 0 Å². The molecule has 0 aliphatic carbocycles. The highest BCUT2D eigenvalue weighted by Gasteiger charge is 2.31. The molecule has 6 nitrogen and oxygen atoms in total. The van der Waals surface area contributed by atoms with Crippen LogP contribution in [0.3, 0.4) is 0 Å². The first-order valence-corrected chi connectivity index (χ1v) is 12.3. The Morgan fingerprint density at radius 3 is 2.29 bits per heavy atom. The molecule has 3 rings (SSSR count). The van der Waals surface area contributed by atoms with Crippen LogP contribution in [0.2, 0.25) is 0 Å². The van der Waals surface area contributed by atoms with Crippen molar-refractivity contribution >= 4 is 12.0 Å². The molecule has 0 saturated carbocycles. The van der Waals surface area contributed by atoms with Gasteiger partial charge in [-0.05, 0) is 60.4 Å². The minimum absolute atomic E-state index is 0.00375. The van der Waals surface area contributed by atoms with E-state index in [1.807, 2.05) is 30.3 Å². The number of carbonyl (C=O) groups excluding carboxylic acids is 2. The largest absolute Gasteiger partial charge is 0.496 e. The van der Waals surface area contributed by atoms with Gasteiger partial charge in [0.05, 0.1) is 25.7 Å². The zero-order valence-corrected chi connectivity index (χ0v) is 21.6. The number of hydrogen-bond donors (Lipinski definition) is 1. The third-order valence-corrected chi connectivity index (χ3v) is 5.96. The van der Waals surface area contributed by atoms with Crippen LogP contribution in [0.25, 0.3) is 11.1 Å². The highest BCUT2D eigenvalue weighted by Crippen LogP contribution is 2.38. The molecule has 0 fully saturated rings. The maximum Gasteiger partial charge on any atom is 0.416 e. The molecular weight excluding hydrogens is 497 g/mol. The lowest BCUT2D eigenvalue weighted by atomic mass is 9.94. The summed E-state index contributed by atoms with van der Waals surface area (Å²) in [6.45, 7) is 4.20. The number of benzene rings is 3. The SMILES string of the molecule is CCOC(=O)Cc1ccc(OC)c(-c2ccc(C(F)(F)F)cc2CN(CC)C(=O)NCc2ccccc2)c1. The van der Waals surface area contributed by atoms with E-state index in [1.165, 1.54) is 18.1 Å². The minimum atomic E-state index is -4.56. The van der Waals surface area contributed by atoms with Crippen LogP contribution >= 0.6 is 0 Å². The number of carbonyl (C=O) groups is 2. The fraction of sp³-hybridized carbons (Fsp3) is 0.310. The monoisotopic (exact) mass is 528 g/mol. The summed E-state index contributed by atoms with van der Waals surface area (Å²) in [7, 11) is 1.46. The topological polar surface area (TPSA) is 67.9 Å². The van der Waals surface area contributed by atoms with Crippen LogP contribution in [-0.4, -0.2) is 37.2 Å². The van der Waals surface area contributed by atoms with Gasteiger partial charge >= 0.3 is 18.2 Å². The molecule has 3 aromatic carbocycles. The van der Waals surface area contributed by atoms with E-state index in [9.17, 15) is 22.8 Å². The van der Waals surface area contributed by atoms with Crippen LogP contribution in [0.4, 0.5) is 18.0 Å². The Labute approximate surface area is 220 Å². The molecule has 0 heterocycles. The molecule has 9 heteroatoms. The van der Waals surface area contributed by atoms with Crippen molar-refractivity contribution in [3.8, 4) is 16.9 Å². The number of urea groups is 1. The van der Waals surface area contributed by atoms with E-state index in [2.05, 4.69) is 5.32 Å². The Morgan fingerprint density at radius 2 is 1.66 bits per heavy atom. The van der Waals surface area contributed by atoms with E-state index in [1.54, 1.807) is 32.0 Å². The number of halogens is 3. The fourth-order valence-electron chi connectivity index (χ4n) is 4.04. The number of ether oxygens (including phenoxy) is 2. The second-order valence-electron chi connectivity index (χ2n) is 8.54. The number of amides is 2. The van der Waals surface area contributed by atoms with Gasteiger partial charge in [-0.15, -0.1) is 0 Å². The van der Waals surface area contributed by atoms with Crippen molar-refractivity contribution in [1.82, 2.24) is 10.2 Å². The van der Waals surface area contributed by atoms with Crippen LogP contribution in [0, 0.1) is 0 Å². The molecule has 202 valence electrons. The van der Waals surface area contributed by atoms with Crippen LogP contribution in [-0.2, 0) is 35.2 Å². The summed E-state index contributed by atoms with van der Waals surface area (Å²) in [5, 5.41) is 2.83. The molecule has 0 aliphatic heterocycles. The van der Waals surface area contributed by atoms with Gasteiger partial charge in [0, 0.05) is 25.2 Å². The smallest absolute Gasteiger partial charge is 0.416 e. The van der Waals surface area contributed by atoms with Crippen molar-refractivity contribution < 1.29 is 32.2 Å². The number of alkyl halides is 3. The predicted octanol–water partition coefficient (Wildman–Crippen LogP) is 6.22. The van der Waals surface area contributed by atoms with Crippen LogP contribution in [0.1, 0.15) is 36.1 Å². The molecule has 3 aromatic rings. The molecule has 0 saturated heterocycles. The lowest BCUT2D eigenvalue weighted by Gasteiger charge is -2.24. The third kappa shape index (κ3) is 7.50. The average molecular weight is 529 g/mol. The fourth-order valence-corrected chi connectivity index (χ4v) is 4.04. The van der Waals surface area contributed by atoms with Crippen molar-refractivity contribution in [1.29, 1.82) is 0 Å². The number of esters is 1. The first-order chi connectivity index (χ1) is 18.2. The number of nitrogens with one attached hydrogen (secondary N) is 1. The van der Waals surface area contributed by atoms with Gasteiger partial charge in [0.2, 0.25) is 0 Å². The summed E-state index contributed by atoms with van der Waals surface area (Å²) >= 11 is 0. The second kappa shape index (κ2) is 13.0. The van der Waals surface area contributed by atoms with Crippen LogP contribution < -0.4 is 10.1 Å². The number of nitrogens with zero attached hydrogens (tertiary/aromatic N) is 1. The number of rotatable bonds is 10. The van der Waals surface area contributed by atoms with Crippen molar-refractivity contribution in [2.24, 2.45) is 0 Å². The van der Waals surface area contributed by atoms with Gasteiger partial charge < -0.3 is 19.7 Å². The van der Waals surface area contributed by atoms with Gasteiger partial charge in [-0.2, -0.15) is 13.2 Å². The maximum atomic E-state index is 13.6. The van der Waals surface area contributed by atoms with Gasteiger partial charge in [-0.3, -0.25) is 4.79 Å². The first-order valence-electron chi connectivity index (χ1n) is 12.3. The summed E-state index contributed by atoms with van der Waals surface area (Å²) in [6.07, 6.45) is -4.56. The standard InChI is InChI=1S/C29H31F3N2O4/c1-4-34(28(36)33-18-20-9-7-6-8-10-20)19-22-17-23(29(30,31)32)12-13-24(22)25-15-21(11-14-26(25)37-3)16-27(35)38-5-2/h6-15,17H,4-5,16,18-19H2,1-3H3,(H,33,36). The highest BCUT2D eigenvalue weighted by atomic mass is 19.4. The summed E-state index contributed by atoms with van der Waals surface area (Å²) in [4.78, 5) is 26.4. The van der Waals surface area contributed by atoms with Crippen molar-refractivity contribution in [2.45, 2.75) is 39.5 Å². The van der Waals surface area contributed by atoms with E-state index >= 15 is 0 Å². The lowest BCUT2D eigenvalue weighted by Crippen LogP contribution is -2.39. The molecule has 0 aliphatic rings. The Kier molecular flexibility index (Phi) is 9.76. The first kappa shape index (κ1) is 28.6. The van der Waals surface area contributed by atoms with E-state index in [4.69, 9.17) is 9.47 Å². The van der Waals surface area contributed by atoms with Crippen LogP contribution in [0.15, 0.2) is 66.7 Å². The van der Waals surface area contributed by atoms with E-state index < -0.39 is 23.7 Å². The lowest BCUT2D eigenvalue weighted by molar-refractivity contribution is -0.142. The molecule has 0 unspecified atom stereocenters. The van der Waals surface area contributed by atoms with Crippen molar-refractivity contribution in [3.63, 3.8) is 0 Å². The summed E-state index contributed by atoms with van der Waals surface area (Å²) in [5.41, 5.74) is 1.98. The maximum absolute atomic E-state index is 13.6. The van der Waals surface area contributed by atoms with E-state index in [0.29, 0.717) is 28.0 Å². The molecular formula is C29H31F3N2O4. The van der Waals surface area contributed by atoms with E-state index in [0.717, 1.165) is 17.7 Å². The molecule has 38 heavy (non-hydrogen) atoms. The number of methoxy groups -OCH3 is 1. The Hall–Kier alpha value is -4.01. The van der Waals surface area contributed by atoms with Gasteiger partial charge in [-0.25, -0.2) is 4.79 Å². The van der Waals surface area contributed by atoms with Crippen LogP contribution in [0.5, 0.6) is 5.75 Å². The molecule has 0 atom stereocenters. The summed E-state index contributed by atoms with van der Waals surface area (Å²) in [6, 6.07) is 17.4. The zero-order chi connectivity index (χ0) is 27.7. The number of hydrogen-bond acceptors (Lipinski definition) is 4. The molecule has 2 amide bonds. The van der Waals surface area contributed by atoms with Gasteiger partial charge in [0.1, 0.15) is 5.75 Å². The normalized spacial score (nSPS) is 11.1. The highest BCUT2D eigenvalue weighted by molar-refractivity contribution is 5.79. The molecule has 0 aromatic heterocycles. The Morgan fingerprint density at radius 1 is 0.921 bits per heavy atom. The zero-order valence-electron chi connectivity index (χ0n) is 21.6. The quantitative estimate of drug-likeness (QED) is 0.318. The summed E-state index contributed by atoms with van der Waals surface area (Å²) in [5.74, 6) is 0.0127. The average Bonchev–Trinajstić information content (AvgIpc) is 2.90. The Balaban J connectivity index is 1.98. The molecule has 0 radical (unpaired) electrons. The summed E-state index contributed by atoms with van der Waals surface area (Å²) < 4.78 is 51.5. The van der Waals surface area contributed by atoms with Crippen molar-refractivity contribution in [2.75, 3.05) is 20.3 Å².